The van der Waals surface area contributed by atoms with E-state index < -0.39 is 18.6 Å². The number of phenols is 1. The number of benzene rings is 1. The van der Waals surface area contributed by atoms with Gasteiger partial charge in [0, 0.05) is 49.6 Å². The van der Waals surface area contributed by atoms with Gasteiger partial charge in [0.1, 0.15) is 23.4 Å². The Labute approximate surface area is 208 Å². The highest BCUT2D eigenvalue weighted by Crippen LogP contribution is 2.36. The second kappa shape index (κ2) is 12.8. The van der Waals surface area contributed by atoms with Gasteiger partial charge in [0.15, 0.2) is 18.7 Å². The molecule has 0 unspecified atom stereocenters. The molecule has 4 N–H and O–H groups in total. The second-order valence-corrected chi connectivity index (χ2v) is 8.59. The number of methoxy groups -OCH3 is 2. The average molecular weight is 505 g/mol. The summed E-state index contributed by atoms with van der Waals surface area (Å²) in [5.41, 5.74) is 0.744. The smallest absolute Gasteiger partial charge is 0.407 e. The van der Waals surface area contributed by atoms with Crippen LogP contribution in [0.15, 0.2) is 18.2 Å². The number of alkyl carbamates (subject to hydrolysis) is 1. The van der Waals surface area contributed by atoms with Crippen molar-refractivity contribution in [2.75, 3.05) is 32.8 Å². The molecule has 1 heterocycles. The third-order valence-electron chi connectivity index (χ3n) is 5.89. The summed E-state index contributed by atoms with van der Waals surface area (Å²) >= 11 is 0. The van der Waals surface area contributed by atoms with Crippen LogP contribution in [-0.4, -0.2) is 73.2 Å². The van der Waals surface area contributed by atoms with Gasteiger partial charge in [0.25, 0.3) is 5.91 Å². The Morgan fingerprint density at radius 1 is 1.28 bits per heavy atom. The number of ether oxygens (including phenoxy) is 4. The van der Waals surface area contributed by atoms with Crippen molar-refractivity contribution in [1.29, 1.82) is 0 Å². The fraction of sp³-hybridized carbons (Fsp3) is 0.500. The van der Waals surface area contributed by atoms with Crippen LogP contribution in [0, 0.1) is 0 Å². The monoisotopic (exact) mass is 504 g/mol. The normalized spacial score (nSPS) is 17.8. The molecule has 0 aliphatic heterocycles. The lowest BCUT2D eigenvalue weighted by atomic mass is 10.0. The van der Waals surface area contributed by atoms with E-state index in [-0.39, 0.29) is 40.9 Å². The van der Waals surface area contributed by atoms with Gasteiger partial charge in [-0.15, -0.1) is 0 Å². The maximum absolute atomic E-state index is 12.3. The number of hydrogen-bond donors (Lipinski definition) is 4. The Bertz CT molecular complexity index is 1060. The molecule has 0 radical (unpaired) electrons. The number of carbonyl (C=O) groups is 3. The number of H-pyrrole nitrogens is 1. The molecule has 0 bridgehead atoms. The third-order valence-corrected chi connectivity index (χ3v) is 5.89. The third kappa shape index (κ3) is 7.35. The molecule has 0 spiro atoms. The summed E-state index contributed by atoms with van der Waals surface area (Å²) in [5.74, 6) is -0.0845. The number of carbonyl (C=O) groups excluding carboxylic acids is 3. The van der Waals surface area contributed by atoms with Crippen molar-refractivity contribution in [3.05, 3.63) is 29.5 Å². The molecule has 3 rings (SSSR count). The molecule has 3 atom stereocenters. The summed E-state index contributed by atoms with van der Waals surface area (Å²) in [7, 11) is 3.02. The molecule has 1 aliphatic carbocycles. The standard InChI is InChI=1S/C24H32N4O8/c1-14(6-7-33-2)25-24(32)36-16-5-4-15(8-16)19-11-22(28-27-19)26-23(31)13-35-21-10-17(34-3)9-20(30)18(21)12-29/h9-12,14-16,30H,4-8,13H2,1-3H3,(H,25,32)(H2,26,27,28,31)/t14-,15-,16+/m0/s1. The molecule has 2 aromatic rings. The number of phenolic OH excluding ortho intramolecular Hbond substituents is 1. The zero-order chi connectivity index (χ0) is 26.1. The number of aromatic nitrogens is 2. The van der Waals surface area contributed by atoms with E-state index in [9.17, 15) is 19.5 Å². The highest BCUT2D eigenvalue weighted by Gasteiger charge is 2.30. The summed E-state index contributed by atoms with van der Waals surface area (Å²) in [5, 5.41) is 22.4. The molecule has 2 amide bonds. The van der Waals surface area contributed by atoms with Crippen LogP contribution >= 0.6 is 0 Å². The maximum atomic E-state index is 12.3. The zero-order valence-electron chi connectivity index (χ0n) is 20.5. The molecular formula is C24H32N4O8. The predicted octanol–water partition coefficient (Wildman–Crippen LogP) is 2.74. The van der Waals surface area contributed by atoms with Crippen LogP contribution in [0.2, 0.25) is 0 Å². The highest BCUT2D eigenvalue weighted by atomic mass is 16.6. The molecule has 1 saturated carbocycles. The maximum Gasteiger partial charge on any atom is 0.407 e. The molecule has 36 heavy (non-hydrogen) atoms. The van der Waals surface area contributed by atoms with Crippen LogP contribution in [0.4, 0.5) is 10.6 Å². The van der Waals surface area contributed by atoms with E-state index in [0.717, 1.165) is 18.5 Å². The van der Waals surface area contributed by atoms with Gasteiger partial charge in [0.05, 0.1) is 12.7 Å². The lowest BCUT2D eigenvalue weighted by Gasteiger charge is -2.17. The van der Waals surface area contributed by atoms with Gasteiger partial charge >= 0.3 is 6.09 Å². The first-order valence-electron chi connectivity index (χ1n) is 11.6. The number of aromatic amines is 1. The summed E-state index contributed by atoms with van der Waals surface area (Å²) < 4.78 is 21.0. The molecule has 1 aromatic heterocycles. The SMILES string of the molecule is COCC[C@H](C)NC(=O)O[C@@H]1CC[C@H](c2cc(NC(=O)COc3cc(OC)cc(O)c3C=O)n[nH]2)C1. The number of nitrogens with zero attached hydrogens (tertiary/aromatic N) is 1. The van der Waals surface area contributed by atoms with E-state index >= 15 is 0 Å². The topological polar surface area (TPSA) is 161 Å². The minimum Gasteiger partial charge on any atom is -0.507 e. The number of anilines is 1. The van der Waals surface area contributed by atoms with Crippen LogP contribution < -0.4 is 20.1 Å². The largest absolute Gasteiger partial charge is 0.507 e. The minimum atomic E-state index is -0.501. The molecule has 1 fully saturated rings. The average Bonchev–Trinajstić information content (AvgIpc) is 3.50. The summed E-state index contributed by atoms with van der Waals surface area (Å²) in [6.07, 6.45) is 2.68. The van der Waals surface area contributed by atoms with Gasteiger partial charge in [-0.1, -0.05) is 0 Å². The fourth-order valence-corrected chi connectivity index (χ4v) is 3.96. The summed E-state index contributed by atoms with van der Waals surface area (Å²) in [6.45, 7) is 2.04. The summed E-state index contributed by atoms with van der Waals surface area (Å²) in [6, 6.07) is 4.36. The Balaban J connectivity index is 1.47. The fourth-order valence-electron chi connectivity index (χ4n) is 3.96. The molecule has 12 nitrogen and oxygen atoms in total. The number of aldehydes is 1. The lowest BCUT2D eigenvalue weighted by molar-refractivity contribution is -0.118. The highest BCUT2D eigenvalue weighted by molar-refractivity contribution is 5.91. The lowest BCUT2D eigenvalue weighted by Crippen LogP contribution is -2.35. The Kier molecular flexibility index (Phi) is 9.51. The van der Waals surface area contributed by atoms with Crippen LogP contribution in [-0.2, 0) is 14.3 Å². The van der Waals surface area contributed by atoms with Crippen molar-refractivity contribution in [3.63, 3.8) is 0 Å². The Hall–Kier alpha value is -3.80. The van der Waals surface area contributed by atoms with Gasteiger partial charge in [-0.2, -0.15) is 5.10 Å². The number of hydrogen-bond acceptors (Lipinski definition) is 9. The van der Waals surface area contributed by atoms with Crippen molar-refractivity contribution in [3.8, 4) is 17.2 Å². The molecule has 12 heteroatoms. The van der Waals surface area contributed by atoms with Crippen LogP contribution in [0.1, 0.15) is 54.6 Å². The Morgan fingerprint density at radius 2 is 2.08 bits per heavy atom. The van der Waals surface area contributed by atoms with Crippen LogP contribution in [0.25, 0.3) is 0 Å². The quantitative estimate of drug-likeness (QED) is 0.319. The van der Waals surface area contributed by atoms with Crippen molar-refractivity contribution < 1.29 is 38.4 Å². The molecule has 196 valence electrons. The van der Waals surface area contributed by atoms with E-state index in [1.54, 1.807) is 13.2 Å². The molecular weight excluding hydrogens is 472 g/mol. The van der Waals surface area contributed by atoms with Gasteiger partial charge in [-0.05, 0) is 32.6 Å². The van der Waals surface area contributed by atoms with E-state index in [1.807, 2.05) is 6.92 Å². The van der Waals surface area contributed by atoms with E-state index in [2.05, 4.69) is 20.8 Å². The minimum absolute atomic E-state index is 0.0221. The first-order chi connectivity index (χ1) is 17.3. The van der Waals surface area contributed by atoms with Crippen molar-refractivity contribution in [2.24, 2.45) is 0 Å². The van der Waals surface area contributed by atoms with Crippen molar-refractivity contribution >= 4 is 24.1 Å². The molecule has 1 aliphatic rings. The molecule has 0 saturated heterocycles. The van der Waals surface area contributed by atoms with Gasteiger partial charge in [0.2, 0.25) is 0 Å². The number of nitrogens with one attached hydrogen (secondary N) is 3. The predicted molar refractivity (Wildman–Crippen MR) is 129 cm³/mol. The van der Waals surface area contributed by atoms with Gasteiger partial charge in [-0.25, -0.2) is 4.79 Å². The first kappa shape index (κ1) is 26.8. The number of amides is 2. The number of rotatable bonds is 12. The molecule has 1 aromatic carbocycles. The second-order valence-electron chi connectivity index (χ2n) is 8.59. The number of aromatic hydroxyl groups is 1. The van der Waals surface area contributed by atoms with Gasteiger partial charge < -0.3 is 34.7 Å². The van der Waals surface area contributed by atoms with Crippen LogP contribution in [0.3, 0.4) is 0 Å². The van der Waals surface area contributed by atoms with Crippen LogP contribution in [0.5, 0.6) is 17.2 Å². The van der Waals surface area contributed by atoms with Crippen molar-refractivity contribution in [1.82, 2.24) is 15.5 Å². The van der Waals surface area contributed by atoms with Crippen molar-refractivity contribution in [2.45, 2.75) is 50.7 Å². The summed E-state index contributed by atoms with van der Waals surface area (Å²) in [4.78, 5) is 35.7. The van der Waals surface area contributed by atoms with E-state index in [0.29, 0.717) is 31.6 Å². The van der Waals surface area contributed by atoms with Gasteiger partial charge in [-0.3, -0.25) is 14.7 Å². The zero-order valence-corrected chi connectivity index (χ0v) is 20.5. The van der Waals surface area contributed by atoms with E-state index in [4.69, 9.17) is 18.9 Å². The van der Waals surface area contributed by atoms with E-state index in [1.165, 1.54) is 19.2 Å². The Morgan fingerprint density at radius 3 is 2.81 bits per heavy atom. The first-order valence-corrected chi connectivity index (χ1v) is 11.6.